The second-order valence-corrected chi connectivity index (χ2v) is 10.8. The maximum absolute atomic E-state index is 13.7. The fraction of sp³-hybridized carbons (Fsp3) is 0.321. The molecule has 1 saturated carbocycles. The lowest BCUT2D eigenvalue weighted by Crippen LogP contribution is -2.44. The normalized spacial score (nSPS) is 13.5. The predicted molar refractivity (Wildman–Crippen MR) is 154 cm³/mol. The van der Waals surface area contributed by atoms with Gasteiger partial charge in [0.25, 0.3) is 0 Å². The van der Waals surface area contributed by atoms with Crippen LogP contribution < -0.4 is 19.7 Å². The Morgan fingerprint density at radius 3 is 2.41 bits per heavy atom. The molecule has 0 radical (unpaired) electrons. The molecule has 4 rings (SSSR count). The largest absolute Gasteiger partial charge is 0.494 e. The van der Waals surface area contributed by atoms with Crippen LogP contribution in [0.4, 0.5) is 16.2 Å². The number of hydrogen-bond acceptors (Lipinski definition) is 6. The van der Waals surface area contributed by atoms with Gasteiger partial charge in [0.05, 0.1) is 16.0 Å². The Morgan fingerprint density at radius 2 is 1.77 bits per heavy atom. The van der Waals surface area contributed by atoms with E-state index in [0.717, 1.165) is 49.2 Å². The summed E-state index contributed by atoms with van der Waals surface area (Å²) in [5.41, 5.74) is 1.99. The first kappa shape index (κ1) is 28.4. The summed E-state index contributed by atoms with van der Waals surface area (Å²) in [5, 5.41) is 21.7. The zero-order valence-electron chi connectivity index (χ0n) is 21.3. The van der Waals surface area contributed by atoms with E-state index in [2.05, 4.69) is 21.2 Å². The van der Waals surface area contributed by atoms with E-state index in [-0.39, 0.29) is 22.7 Å². The molecule has 0 bridgehead atoms. The van der Waals surface area contributed by atoms with Gasteiger partial charge in [-0.2, -0.15) is 0 Å². The van der Waals surface area contributed by atoms with Crippen LogP contribution in [0.1, 0.15) is 48.7 Å². The number of carbonyl (C=O) groups is 3. The number of nitrogens with one attached hydrogen (secondary N) is 1. The number of carboxylic acid groups (broad SMARTS) is 2. The van der Waals surface area contributed by atoms with Gasteiger partial charge in [0, 0.05) is 17.4 Å². The van der Waals surface area contributed by atoms with Gasteiger partial charge in [-0.3, -0.25) is 4.90 Å². The van der Waals surface area contributed by atoms with Crippen LogP contribution in [0.25, 0.3) is 10.4 Å². The minimum absolute atomic E-state index is 0.00696. The van der Waals surface area contributed by atoms with Gasteiger partial charge in [-0.25, -0.2) is 14.4 Å². The van der Waals surface area contributed by atoms with Crippen molar-refractivity contribution in [2.45, 2.75) is 45.1 Å². The molecule has 1 aliphatic carbocycles. The Kier molecular flexibility index (Phi) is 9.47. The van der Waals surface area contributed by atoms with Crippen LogP contribution in [0.3, 0.4) is 0 Å². The first-order chi connectivity index (χ1) is 18.8. The number of hydrogen-bond donors (Lipinski definition) is 3. The zero-order chi connectivity index (χ0) is 27.9. The van der Waals surface area contributed by atoms with Crippen molar-refractivity contribution in [3.63, 3.8) is 0 Å². The third-order valence-electron chi connectivity index (χ3n) is 6.31. The quantitative estimate of drug-likeness (QED) is 0.221. The number of amides is 2. The van der Waals surface area contributed by atoms with Crippen molar-refractivity contribution < 1.29 is 34.1 Å². The van der Waals surface area contributed by atoms with Gasteiger partial charge in [0.2, 0.25) is 0 Å². The fourth-order valence-electron chi connectivity index (χ4n) is 4.60. The Bertz CT molecular complexity index is 1340. The molecule has 1 aromatic heterocycles. The number of aromatic carboxylic acids is 1. The summed E-state index contributed by atoms with van der Waals surface area (Å²) in [5.74, 6) is -1.74. The van der Waals surface area contributed by atoms with E-state index in [9.17, 15) is 19.5 Å². The van der Waals surface area contributed by atoms with Crippen molar-refractivity contribution >= 4 is 56.6 Å². The molecule has 1 fully saturated rings. The minimum Gasteiger partial charge on any atom is -0.494 e. The van der Waals surface area contributed by atoms with Crippen LogP contribution in [-0.4, -0.2) is 47.4 Å². The number of ether oxygens (including phenoxy) is 2. The summed E-state index contributed by atoms with van der Waals surface area (Å²) in [6.45, 7) is 1.79. The molecule has 0 saturated heterocycles. The van der Waals surface area contributed by atoms with Crippen LogP contribution >= 0.6 is 27.3 Å². The van der Waals surface area contributed by atoms with E-state index in [1.807, 2.05) is 43.3 Å². The van der Waals surface area contributed by atoms with E-state index >= 15 is 0 Å². The number of carboxylic acids is 2. The second kappa shape index (κ2) is 13.0. The lowest BCUT2D eigenvalue weighted by molar-refractivity contribution is -0.139. The molecule has 1 heterocycles. The second-order valence-electron chi connectivity index (χ2n) is 8.99. The Morgan fingerprint density at radius 1 is 1.05 bits per heavy atom. The summed E-state index contributed by atoms with van der Waals surface area (Å²) in [6, 6.07) is 14.3. The SMILES string of the molecule is CCOc1ccc(NC(=O)N(c2cccc(-c3sc(C(=O)O)c(OCC(=O)O)c3Br)c2)C2CCCCC2)cc1. The standard InChI is InChI=1S/C28H29BrN2O7S/c1-2-37-21-13-11-18(12-14-21)30-28(36)31(19-8-4-3-5-9-19)20-10-6-7-17(15-20)25-23(29)24(38-16-22(32)33)26(39-25)27(34)35/h6-7,10-15,19H,2-5,8-9,16H2,1H3,(H,30,36)(H,32,33)(H,34,35). The van der Waals surface area contributed by atoms with Crippen LogP contribution in [-0.2, 0) is 4.79 Å². The van der Waals surface area contributed by atoms with Gasteiger partial charge in [-0.05, 0) is 77.7 Å². The Labute approximate surface area is 238 Å². The summed E-state index contributed by atoms with van der Waals surface area (Å²) in [4.78, 5) is 38.8. The molecule has 3 N–H and O–H groups in total. The monoisotopic (exact) mass is 616 g/mol. The molecule has 39 heavy (non-hydrogen) atoms. The highest BCUT2D eigenvalue weighted by Gasteiger charge is 2.29. The van der Waals surface area contributed by atoms with Crippen molar-refractivity contribution in [3.8, 4) is 21.9 Å². The molecule has 3 aromatic rings. The van der Waals surface area contributed by atoms with Crippen LogP contribution in [0, 0.1) is 0 Å². The molecule has 0 aliphatic heterocycles. The van der Waals surface area contributed by atoms with Gasteiger partial charge < -0.3 is 25.0 Å². The van der Waals surface area contributed by atoms with E-state index in [0.29, 0.717) is 32.9 Å². The number of nitrogens with zero attached hydrogens (tertiary/aromatic N) is 1. The van der Waals surface area contributed by atoms with Gasteiger partial charge in [-0.15, -0.1) is 11.3 Å². The number of rotatable bonds is 10. The third-order valence-corrected chi connectivity index (χ3v) is 8.53. The van der Waals surface area contributed by atoms with Crippen molar-refractivity contribution in [3.05, 3.63) is 57.9 Å². The molecule has 2 amide bonds. The van der Waals surface area contributed by atoms with Crippen LogP contribution in [0.2, 0.25) is 0 Å². The maximum Gasteiger partial charge on any atom is 0.349 e. The summed E-state index contributed by atoms with van der Waals surface area (Å²) in [7, 11) is 0. The number of urea groups is 1. The molecule has 0 atom stereocenters. The fourth-order valence-corrected chi connectivity index (χ4v) is 6.49. The molecule has 2 aromatic carbocycles. The number of carbonyl (C=O) groups excluding carboxylic acids is 1. The molecule has 9 nitrogen and oxygen atoms in total. The maximum atomic E-state index is 13.7. The third kappa shape index (κ3) is 6.90. The Balaban J connectivity index is 1.67. The minimum atomic E-state index is -1.22. The molecule has 0 unspecified atom stereocenters. The van der Waals surface area contributed by atoms with Crippen molar-refractivity contribution in [1.82, 2.24) is 0 Å². The number of aliphatic carboxylic acids is 1. The number of benzene rings is 2. The van der Waals surface area contributed by atoms with Gasteiger partial charge in [0.15, 0.2) is 17.2 Å². The summed E-state index contributed by atoms with van der Waals surface area (Å²) >= 11 is 4.39. The topological polar surface area (TPSA) is 125 Å². The number of halogens is 1. The Hall–Kier alpha value is -3.57. The smallest absolute Gasteiger partial charge is 0.349 e. The molecule has 11 heteroatoms. The predicted octanol–water partition coefficient (Wildman–Crippen LogP) is 7.11. The highest BCUT2D eigenvalue weighted by atomic mass is 79.9. The van der Waals surface area contributed by atoms with Gasteiger partial charge >= 0.3 is 18.0 Å². The molecule has 1 aliphatic rings. The summed E-state index contributed by atoms with van der Waals surface area (Å²) < 4.78 is 11.1. The van der Waals surface area contributed by atoms with Crippen molar-refractivity contribution in [2.24, 2.45) is 0 Å². The zero-order valence-corrected chi connectivity index (χ0v) is 23.7. The highest BCUT2D eigenvalue weighted by Crippen LogP contribution is 2.46. The molecular formula is C28H29BrN2O7S. The first-order valence-corrected chi connectivity index (χ1v) is 14.2. The van der Waals surface area contributed by atoms with Gasteiger partial charge in [0.1, 0.15) is 5.75 Å². The lowest BCUT2D eigenvalue weighted by Gasteiger charge is -2.34. The molecule has 0 spiro atoms. The first-order valence-electron chi connectivity index (χ1n) is 12.6. The highest BCUT2D eigenvalue weighted by molar-refractivity contribution is 9.10. The number of thiophene rings is 1. The molecule has 206 valence electrons. The van der Waals surface area contributed by atoms with Crippen molar-refractivity contribution in [2.75, 3.05) is 23.4 Å². The molecular weight excluding hydrogens is 588 g/mol. The van der Waals surface area contributed by atoms with E-state index < -0.39 is 18.5 Å². The van der Waals surface area contributed by atoms with E-state index in [1.165, 1.54) is 0 Å². The number of anilines is 2. The average Bonchev–Trinajstić information content (AvgIpc) is 3.26. The van der Waals surface area contributed by atoms with Crippen LogP contribution in [0.15, 0.2) is 53.0 Å². The van der Waals surface area contributed by atoms with E-state index in [1.54, 1.807) is 17.0 Å². The lowest BCUT2D eigenvalue weighted by atomic mass is 9.93. The van der Waals surface area contributed by atoms with Gasteiger partial charge in [-0.1, -0.05) is 31.4 Å². The van der Waals surface area contributed by atoms with E-state index in [4.69, 9.17) is 14.6 Å². The van der Waals surface area contributed by atoms with Crippen LogP contribution in [0.5, 0.6) is 11.5 Å². The average molecular weight is 618 g/mol. The van der Waals surface area contributed by atoms with Crippen molar-refractivity contribution in [1.29, 1.82) is 0 Å². The summed E-state index contributed by atoms with van der Waals surface area (Å²) in [6.07, 6.45) is 4.93.